The lowest BCUT2D eigenvalue weighted by molar-refractivity contribution is -0.123. The average molecular weight is 258 g/mol. The molecule has 4 nitrogen and oxygen atoms in total. The molecule has 2 rings (SSSR count). The Morgan fingerprint density at radius 2 is 1.72 bits per heavy atom. The Hall–Kier alpha value is -2.05. The van der Waals surface area contributed by atoms with Crippen LogP contribution >= 0.6 is 0 Å². The van der Waals surface area contributed by atoms with E-state index < -0.39 is 29.0 Å². The van der Waals surface area contributed by atoms with E-state index in [4.69, 9.17) is 0 Å². The zero-order chi connectivity index (χ0) is 13.3. The number of halogens is 3. The number of rotatable bonds is 1. The van der Waals surface area contributed by atoms with E-state index in [-0.39, 0.29) is 25.4 Å². The molecule has 1 aromatic carbocycles. The van der Waals surface area contributed by atoms with Gasteiger partial charge in [-0.3, -0.25) is 9.59 Å². The third-order valence-corrected chi connectivity index (χ3v) is 2.55. The number of nitrogens with zero attached hydrogens (tertiary/aromatic N) is 1. The molecule has 0 radical (unpaired) electrons. The maximum absolute atomic E-state index is 13.5. The number of anilines is 1. The van der Waals surface area contributed by atoms with Gasteiger partial charge in [0, 0.05) is 25.1 Å². The second-order valence-corrected chi connectivity index (χ2v) is 3.79. The van der Waals surface area contributed by atoms with Gasteiger partial charge in [0.05, 0.1) is 6.54 Å². The molecule has 1 fully saturated rings. The van der Waals surface area contributed by atoms with Crippen molar-refractivity contribution in [3.05, 3.63) is 29.6 Å². The van der Waals surface area contributed by atoms with Crippen LogP contribution in [0.2, 0.25) is 0 Å². The van der Waals surface area contributed by atoms with Crippen molar-refractivity contribution in [3.63, 3.8) is 0 Å². The minimum absolute atomic E-state index is 0.0675. The molecule has 2 amide bonds. The zero-order valence-corrected chi connectivity index (χ0v) is 9.17. The van der Waals surface area contributed by atoms with Gasteiger partial charge in [-0.1, -0.05) is 0 Å². The molecule has 0 bridgehead atoms. The minimum atomic E-state index is -1.17. The molecule has 1 N–H and O–H groups in total. The standard InChI is InChI=1S/C11H9F3N2O2/c12-6-3-7(13)11(8(14)4-6)16-2-1-9(17)15-5-10(16)18/h3-4H,1-2,5H2,(H,15,17). The van der Waals surface area contributed by atoms with Gasteiger partial charge in [0.25, 0.3) is 0 Å². The topological polar surface area (TPSA) is 49.4 Å². The van der Waals surface area contributed by atoms with E-state index in [2.05, 4.69) is 5.32 Å². The number of hydrogen-bond donors (Lipinski definition) is 1. The van der Waals surface area contributed by atoms with Crippen molar-refractivity contribution in [3.8, 4) is 0 Å². The first-order valence-electron chi connectivity index (χ1n) is 5.20. The summed E-state index contributed by atoms with van der Waals surface area (Å²) in [4.78, 5) is 23.5. The predicted octanol–water partition coefficient (Wildman–Crippen LogP) is 0.957. The molecule has 0 unspecified atom stereocenters. The molecule has 0 aromatic heterocycles. The monoisotopic (exact) mass is 258 g/mol. The summed E-state index contributed by atoms with van der Waals surface area (Å²) in [5.41, 5.74) is -0.627. The van der Waals surface area contributed by atoms with E-state index in [1.807, 2.05) is 0 Å². The zero-order valence-electron chi connectivity index (χ0n) is 9.17. The van der Waals surface area contributed by atoms with Gasteiger partial charge in [0.1, 0.15) is 11.5 Å². The van der Waals surface area contributed by atoms with Crippen LogP contribution in [0, 0.1) is 17.5 Å². The van der Waals surface area contributed by atoms with Crippen LogP contribution in [0.15, 0.2) is 12.1 Å². The summed E-state index contributed by atoms with van der Waals surface area (Å²) in [5, 5.41) is 2.30. The molecule has 0 saturated carbocycles. The lowest BCUT2D eigenvalue weighted by atomic mass is 10.2. The molecule has 1 aliphatic heterocycles. The lowest BCUT2D eigenvalue weighted by Gasteiger charge is -2.20. The van der Waals surface area contributed by atoms with Crippen molar-refractivity contribution >= 4 is 17.5 Å². The van der Waals surface area contributed by atoms with Crippen LogP contribution in [0.1, 0.15) is 6.42 Å². The predicted molar refractivity (Wildman–Crippen MR) is 56.3 cm³/mol. The molecule has 1 saturated heterocycles. The van der Waals surface area contributed by atoms with E-state index in [0.29, 0.717) is 12.1 Å². The van der Waals surface area contributed by atoms with Gasteiger partial charge in [-0.25, -0.2) is 13.2 Å². The van der Waals surface area contributed by atoms with Crippen LogP contribution < -0.4 is 10.2 Å². The molecule has 1 aliphatic rings. The van der Waals surface area contributed by atoms with E-state index in [1.165, 1.54) is 0 Å². The van der Waals surface area contributed by atoms with E-state index in [0.717, 1.165) is 4.90 Å². The number of carbonyl (C=O) groups is 2. The van der Waals surface area contributed by atoms with Crippen LogP contribution in [0.4, 0.5) is 18.9 Å². The largest absolute Gasteiger partial charge is 0.347 e. The van der Waals surface area contributed by atoms with Gasteiger partial charge in [-0.15, -0.1) is 0 Å². The SMILES string of the molecule is O=C1CCN(c2c(F)cc(F)cc2F)C(=O)CN1. The Morgan fingerprint density at radius 3 is 2.33 bits per heavy atom. The van der Waals surface area contributed by atoms with Gasteiger partial charge in [0.15, 0.2) is 11.6 Å². The first-order chi connectivity index (χ1) is 8.49. The Kier molecular flexibility index (Phi) is 3.22. The summed E-state index contributed by atoms with van der Waals surface area (Å²) in [6.07, 6.45) is -0.0675. The fourth-order valence-electron chi connectivity index (χ4n) is 1.73. The second-order valence-electron chi connectivity index (χ2n) is 3.79. The first kappa shape index (κ1) is 12.4. The highest BCUT2D eigenvalue weighted by atomic mass is 19.1. The third kappa shape index (κ3) is 2.29. The van der Waals surface area contributed by atoms with Crippen molar-refractivity contribution in [2.75, 3.05) is 18.0 Å². The van der Waals surface area contributed by atoms with Crippen LogP contribution in [-0.2, 0) is 9.59 Å². The summed E-state index contributed by atoms with van der Waals surface area (Å²) in [7, 11) is 0. The van der Waals surface area contributed by atoms with Crippen molar-refractivity contribution in [2.45, 2.75) is 6.42 Å². The molecule has 1 aromatic rings. The van der Waals surface area contributed by atoms with Crippen LogP contribution in [0.3, 0.4) is 0 Å². The highest BCUT2D eigenvalue weighted by Crippen LogP contribution is 2.25. The summed E-state index contributed by atoms with van der Waals surface area (Å²) in [6.45, 7) is -0.487. The van der Waals surface area contributed by atoms with Gasteiger partial charge >= 0.3 is 0 Å². The van der Waals surface area contributed by atoms with Gasteiger partial charge in [-0.05, 0) is 0 Å². The number of carbonyl (C=O) groups excluding carboxylic acids is 2. The highest BCUT2D eigenvalue weighted by Gasteiger charge is 2.26. The lowest BCUT2D eigenvalue weighted by Crippen LogP contribution is -2.36. The van der Waals surface area contributed by atoms with Crippen molar-refractivity contribution in [2.24, 2.45) is 0 Å². The van der Waals surface area contributed by atoms with Crippen LogP contribution in [-0.4, -0.2) is 24.9 Å². The smallest absolute Gasteiger partial charge is 0.246 e. The van der Waals surface area contributed by atoms with Gasteiger partial charge in [-0.2, -0.15) is 0 Å². The van der Waals surface area contributed by atoms with E-state index in [9.17, 15) is 22.8 Å². The Bertz CT molecular complexity index is 496. The number of benzene rings is 1. The molecule has 7 heteroatoms. The maximum Gasteiger partial charge on any atom is 0.246 e. The maximum atomic E-state index is 13.5. The fourth-order valence-corrected chi connectivity index (χ4v) is 1.73. The van der Waals surface area contributed by atoms with Crippen molar-refractivity contribution in [1.29, 1.82) is 0 Å². The normalized spacial score (nSPS) is 16.5. The second kappa shape index (κ2) is 4.67. The molecule has 0 spiro atoms. The molecule has 96 valence electrons. The highest BCUT2D eigenvalue weighted by molar-refractivity contribution is 5.99. The number of amides is 2. The fraction of sp³-hybridized carbons (Fsp3) is 0.273. The van der Waals surface area contributed by atoms with E-state index in [1.54, 1.807) is 0 Å². The first-order valence-corrected chi connectivity index (χ1v) is 5.20. The summed E-state index contributed by atoms with van der Waals surface area (Å²) in [6, 6.07) is 0.984. The van der Waals surface area contributed by atoms with Crippen molar-refractivity contribution in [1.82, 2.24) is 5.32 Å². The molecule has 0 atom stereocenters. The average Bonchev–Trinajstić information content (AvgIpc) is 2.43. The molecule has 1 heterocycles. The third-order valence-electron chi connectivity index (χ3n) is 2.55. The summed E-state index contributed by atoms with van der Waals surface area (Å²) in [5.74, 6) is -4.44. The Balaban J connectivity index is 2.41. The molecule has 18 heavy (non-hydrogen) atoms. The van der Waals surface area contributed by atoms with Crippen LogP contribution in [0.25, 0.3) is 0 Å². The number of nitrogens with one attached hydrogen (secondary N) is 1. The summed E-state index contributed by atoms with van der Waals surface area (Å²) < 4.78 is 39.8. The Labute approximate surface area is 100 Å². The Morgan fingerprint density at radius 1 is 1.11 bits per heavy atom. The van der Waals surface area contributed by atoms with Crippen LogP contribution in [0.5, 0.6) is 0 Å². The minimum Gasteiger partial charge on any atom is -0.347 e. The molecule has 0 aliphatic carbocycles. The number of hydrogen-bond acceptors (Lipinski definition) is 2. The van der Waals surface area contributed by atoms with E-state index >= 15 is 0 Å². The van der Waals surface area contributed by atoms with Gasteiger partial charge in [0.2, 0.25) is 11.8 Å². The molecular weight excluding hydrogens is 249 g/mol. The molecular formula is C11H9F3N2O2. The quantitative estimate of drug-likeness (QED) is 0.815. The summed E-state index contributed by atoms with van der Waals surface area (Å²) >= 11 is 0. The van der Waals surface area contributed by atoms with Gasteiger partial charge < -0.3 is 10.2 Å². The van der Waals surface area contributed by atoms with Crippen molar-refractivity contribution < 1.29 is 22.8 Å².